The monoisotopic (exact) mass is 224 g/mol. The van der Waals surface area contributed by atoms with E-state index >= 15 is 0 Å². The maximum atomic E-state index is 12.3. The van der Waals surface area contributed by atoms with Gasteiger partial charge in [0.25, 0.3) is 0 Å². The molecule has 0 aromatic rings. The molecule has 1 saturated carbocycles. The Morgan fingerprint density at radius 1 is 1.19 bits per heavy atom. The van der Waals surface area contributed by atoms with Gasteiger partial charge in [0.1, 0.15) is 0 Å². The van der Waals surface area contributed by atoms with Gasteiger partial charge in [-0.2, -0.15) is 0 Å². The van der Waals surface area contributed by atoms with E-state index in [0.717, 1.165) is 32.1 Å². The Bertz CT molecular complexity index is 232. The van der Waals surface area contributed by atoms with Gasteiger partial charge >= 0.3 is 6.03 Å². The van der Waals surface area contributed by atoms with Crippen LogP contribution in [0.15, 0.2) is 0 Å². The Morgan fingerprint density at radius 3 is 2.38 bits per heavy atom. The molecule has 0 N–H and O–H groups in total. The second-order valence-corrected chi connectivity index (χ2v) is 5.17. The topological polar surface area (TPSA) is 23.6 Å². The van der Waals surface area contributed by atoms with E-state index < -0.39 is 0 Å². The molecule has 3 nitrogen and oxygen atoms in total. The highest BCUT2D eigenvalue weighted by Gasteiger charge is 2.26. The molecule has 2 fully saturated rings. The minimum atomic E-state index is 0.286. The highest BCUT2D eigenvalue weighted by atomic mass is 16.2. The first-order valence-corrected chi connectivity index (χ1v) is 6.85. The maximum Gasteiger partial charge on any atom is 0.319 e. The number of urea groups is 1. The molecule has 2 rings (SSSR count). The highest BCUT2D eigenvalue weighted by Crippen LogP contribution is 2.27. The van der Waals surface area contributed by atoms with Crippen LogP contribution in [0.25, 0.3) is 0 Å². The van der Waals surface area contributed by atoms with Crippen LogP contribution in [0.4, 0.5) is 4.79 Å². The number of hydrogen-bond donors (Lipinski definition) is 0. The van der Waals surface area contributed by atoms with Crippen LogP contribution >= 0.6 is 0 Å². The molecule has 0 aromatic heterocycles. The molecule has 16 heavy (non-hydrogen) atoms. The van der Waals surface area contributed by atoms with Gasteiger partial charge in [0.2, 0.25) is 0 Å². The van der Waals surface area contributed by atoms with E-state index in [9.17, 15) is 4.79 Å². The van der Waals surface area contributed by atoms with E-state index in [-0.39, 0.29) is 6.03 Å². The molecule has 0 atom stereocenters. The molecular weight excluding hydrogens is 200 g/mol. The summed E-state index contributed by atoms with van der Waals surface area (Å²) in [7, 11) is 0. The molecule has 1 aliphatic heterocycles. The van der Waals surface area contributed by atoms with Gasteiger partial charge in [0.05, 0.1) is 0 Å². The molecule has 3 heteroatoms. The third kappa shape index (κ3) is 2.69. The summed E-state index contributed by atoms with van der Waals surface area (Å²) in [6, 6.07) is 0.286. The van der Waals surface area contributed by atoms with E-state index in [2.05, 4.69) is 11.8 Å². The van der Waals surface area contributed by atoms with Crippen molar-refractivity contribution in [2.24, 2.45) is 5.92 Å². The lowest BCUT2D eigenvalue weighted by molar-refractivity contribution is 0.127. The zero-order chi connectivity index (χ0) is 11.4. The fraction of sp³-hybridized carbons (Fsp3) is 0.923. The van der Waals surface area contributed by atoms with Crippen LogP contribution in [0.5, 0.6) is 0 Å². The van der Waals surface area contributed by atoms with Crippen LogP contribution in [-0.4, -0.2) is 42.0 Å². The van der Waals surface area contributed by atoms with Crippen molar-refractivity contribution in [1.82, 2.24) is 9.80 Å². The third-order valence-electron chi connectivity index (χ3n) is 3.98. The van der Waals surface area contributed by atoms with Gasteiger partial charge in [-0.25, -0.2) is 4.79 Å². The first-order chi connectivity index (χ1) is 7.81. The van der Waals surface area contributed by atoms with E-state index in [4.69, 9.17) is 0 Å². The molecule has 1 aliphatic carbocycles. The number of hydrogen-bond acceptors (Lipinski definition) is 1. The van der Waals surface area contributed by atoms with Crippen molar-refractivity contribution in [1.29, 1.82) is 0 Å². The van der Waals surface area contributed by atoms with Gasteiger partial charge in [0.15, 0.2) is 0 Å². The standard InChI is InChI=1S/C13H24N2O/c1-2-14(11-12-7-6-8-12)13(16)15-9-4-3-5-10-15/h12H,2-11H2,1H3. The van der Waals surface area contributed by atoms with Crippen LogP contribution in [0.2, 0.25) is 0 Å². The van der Waals surface area contributed by atoms with Crippen molar-refractivity contribution >= 4 is 6.03 Å². The van der Waals surface area contributed by atoms with Crippen LogP contribution in [0.3, 0.4) is 0 Å². The number of piperidine rings is 1. The van der Waals surface area contributed by atoms with Crippen LogP contribution in [0, 0.1) is 5.92 Å². The number of carbonyl (C=O) groups excluding carboxylic acids is 1. The molecule has 0 spiro atoms. The average Bonchev–Trinajstić information content (AvgIpc) is 2.28. The first kappa shape index (κ1) is 11.7. The predicted molar refractivity (Wildman–Crippen MR) is 65.4 cm³/mol. The second-order valence-electron chi connectivity index (χ2n) is 5.17. The van der Waals surface area contributed by atoms with Crippen molar-refractivity contribution in [2.45, 2.75) is 45.4 Å². The molecule has 92 valence electrons. The molecular formula is C13H24N2O. The van der Waals surface area contributed by atoms with E-state index in [1.807, 2.05) is 4.90 Å². The molecule has 2 amide bonds. The predicted octanol–water partition coefficient (Wildman–Crippen LogP) is 2.71. The number of nitrogens with zero attached hydrogens (tertiary/aromatic N) is 2. The molecule has 1 saturated heterocycles. The number of amides is 2. The quantitative estimate of drug-likeness (QED) is 0.723. The number of rotatable bonds is 3. The Hall–Kier alpha value is -0.730. The van der Waals surface area contributed by atoms with Gasteiger partial charge < -0.3 is 9.80 Å². The minimum absolute atomic E-state index is 0.286. The zero-order valence-corrected chi connectivity index (χ0v) is 10.5. The molecule has 2 aliphatic rings. The van der Waals surface area contributed by atoms with Crippen molar-refractivity contribution < 1.29 is 4.79 Å². The largest absolute Gasteiger partial charge is 0.325 e. The zero-order valence-electron chi connectivity index (χ0n) is 10.5. The van der Waals surface area contributed by atoms with Crippen LogP contribution in [0.1, 0.15) is 45.4 Å². The summed E-state index contributed by atoms with van der Waals surface area (Å²) in [6.07, 6.45) is 7.67. The van der Waals surface area contributed by atoms with Crippen molar-refractivity contribution in [3.05, 3.63) is 0 Å². The van der Waals surface area contributed by atoms with Crippen molar-refractivity contribution in [2.75, 3.05) is 26.2 Å². The summed E-state index contributed by atoms with van der Waals surface area (Å²) in [5, 5.41) is 0. The molecule has 1 heterocycles. The van der Waals surface area contributed by atoms with Gasteiger partial charge in [-0.05, 0) is 44.9 Å². The van der Waals surface area contributed by atoms with Gasteiger partial charge in [0, 0.05) is 26.2 Å². The Morgan fingerprint density at radius 2 is 1.88 bits per heavy atom. The minimum Gasteiger partial charge on any atom is -0.325 e. The van der Waals surface area contributed by atoms with Crippen LogP contribution < -0.4 is 0 Å². The van der Waals surface area contributed by atoms with Gasteiger partial charge in [-0.1, -0.05) is 6.42 Å². The lowest BCUT2D eigenvalue weighted by Crippen LogP contribution is -2.47. The van der Waals surface area contributed by atoms with E-state index in [1.165, 1.54) is 38.5 Å². The molecule has 0 radical (unpaired) electrons. The fourth-order valence-corrected chi connectivity index (χ4v) is 2.61. The summed E-state index contributed by atoms with van der Waals surface area (Å²) in [5.74, 6) is 0.786. The van der Waals surface area contributed by atoms with Crippen molar-refractivity contribution in [3.8, 4) is 0 Å². The molecule has 0 bridgehead atoms. The van der Waals surface area contributed by atoms with Gasteiger partial charge in [-0.3, -0.25) is 0 Å². The summed E-state index contributed by atoms with van der Waals surface area (Å²) in [4.78, 5) is 16.4. The van der Waals surface area contributed by atoms with Crippen LogP contribution in [-0.2, 0) is 0 Å². The Labute approximate surface area is 98.8 Å². The van der Waals surface area contributed by atoms with Crippen molar-refractivity contribution in [3.63, 3.8) is 0 Å². The molecule has 0 unspecified atom stereocenters. The number of carbonyl (C=O) groups is 1. The fourth-order valence-electron chi connectivity index (χ4n) is 2.61. The highest BCUT2D eigenvalue weighted by molar-refractivity contribution is 5.74. The smallest absolute Gasteiger partial charge is 0.319 e. The SMILES string of the molecule is CCN(CC1CCC1)C(=O)N1CCCCC1. The first-order valence-electron chi connectivity index (χ1n) is 6.85. The summed E-state index contributed by atoms with van der Waals surface area (Å²) < 4.78 is 0. The maximum absolute atomic E-state index is 12.3. The molecule has 0 aromatic carbocycles. The Kier molecular flexibility index (Phi) is 4.08. The normalized spacial score (nSPS) is 21.7. The van der Waals surface area contributed by atoms with E-state index in [0.29, 0.717) is 0 Å². The Balaban J connectivity index is 1.83. The summed E-state index contributed by atoms with van der Waals surface area (Å²) in [5.41, 5.74) is 0. The van der Waals surface area contributed by atoms with E-state index in [1.54, 1.807) is 0 Å². The summed E-state index contributed by atoms with van der Waals surface area (Å²) >= 11 is 0. The lowest BCUT2D eigenvalue weighted by atomic mass is 9.85. The number of likely N-dealkylation sites (tertiary alicyclic amines) is 1. The lowest BCUT2D eigenvalue weighted by Gasteiger charge is -2.36. The second kappa shape index (κ2) is 5.55. The average molecular weight is 224 g/mol. The third-order valence-corrected chi connectivity index (χ3v) is 3.98. The summed E-state index contributed by atoms with van der Waals surface area (Å²) in [6.45, 7) is 5.90. The van der Waals surface area contributed by atoms with Gasteiger partial charge in [-0.15, -0.1) is 0 Å².